The number of hydrogen-bond acceptors (Lipinski definition) is 5. The minimum Gasteiger partial charge on any atom is -0.508 e. The van der Waals surface area contributed by atoms with E-state index in [0.29, 0.717) is 16.9 Å². The molecule has 0 aromatic heterocycles. The standard InChI is InChI=1S/C11H10O5/c1-5-3-8-6(4-7(5)12)9(10(13)15-2)11(14)16-8/h3-4,9,12H,1-2H3. The second kappa shape index (κ2) is 3.52. The first-order chi connectivity index (χ1) is 7.54. The van der Waals surface area contributed by atoms with Crippen LogP contribution < -0.4 is 4.74 Å². The summed E-state index contributed by atoms with van der Waals surface area (Å²) >= 11 is 0. The Morgan fingerprint density at radius 3 is 2.81 bits per heavy atom. The average Bonchev–Trinajstić information content (AvgIpc) is 2.54. The summed E-state index contributed by atoms with van der Waals surface area (Å²) < 4.78 is 9.44. The number of ether oxygens (including phenoxy) is 2. The zero-order valence-corrected chi connectivity index (χ0v) is 8.81. The van der Waals surface area contributed by atoms with E-state index in [4.69, 9.17) is 4.74 Å². The van der Waals surface area contributed by atoms with Gasteiger partial charge < -0.3 is 14.6 Å². The van der Waals surface area contributed by atoms with E-state index in [1.54, 1.807) is 6.92 Å². The number of rotatable bonds is 1. The molecule has 0 spiro atoms. The Hall–Kier alpha value is -2.04. The van der Waals surface area contributed by atoms with Gasteiger partial charge in [-0.15, -0.1) is 0 Å². The number of esters is 2. The van der Waals surface area contributed by atoms with Gasteiger partial charge in [0.2, 0.25) is 0 Å². The minimum atomic E-state index is -1.09. The monoisotopic (exact) mass is 222 g/mol. The van der Waals surface area contributed by atoms with Gasteiger partial charge in [-0.3, -0.25) is 9.59 Å². The molecule has 1 aromatic carbocycles. The van der Waals surface area contributed by atoms with Crippen molar-refractivity contribution in [1.82, 2.24) is 0 Å². The summed E-state index contributed by atoms with van der Waals surface area (Å²) in [5.74, 6) is -2.13. The number of fused-ring (bicyclic) bond motifs is 1. The highest BCUT2D eigenvalue weighted by atomic mass is 16.6. The molecule has 0 radical (unpaired) electrons. The molecular formula is C11H10O5. The minimum absolute atomic E-state index is 0.0194. The number of aryl methyl sites for hydroxylation is 1. The SMILES string of the molecule is COC(=O)C1C(=O)Oc2cc(C)c(O)cc21. The number of phenols is 1. The maximum absolute atomic E-state index is 11.4. The van der Waals surface area contributed by atoms with E-state index in [0.717, 1.165) is 0 Å². The van der Waals surface area contributed by atoms with Crippen LogP contribution in [0.2, 0.25) is 0 Å². The van der Waals surface area contributed by atoms with Gasteiger partial charge in [0.05, 0.1) is 7.11 Å². The highest BCUT2D eigenvalue weighted by Gasteiger charge is 2.40. The second-order valence-corrected chi connectivity index (χ2v) is 3.55. The Labute approximate surface area is 91.6 Å². The number of carbonyl (C=O) groups excluding carboxylic acids is 2. The van der Waals surface area contributed by atoms with Crippen molar-refractivity contribution in [1.29, 1.82) is 0 Å². The molecule has 5 nitrogen and oxygen atoms in total. The molecule has 0 bridgehead atoms. The zero-order valence-electron chi connectivity index (χ0n) is 8.81. The molecule has 84 valence electrons. The summed E-state index contributed by atoms with van der Waals surface area (Å²) in [5.41, 5.74) is 0.928. The van der Waals surface area contributed by atoms with E-state index >= 15 is 0 Å². The largest absolute Gasteiger partial charge is 0.508 e. The summed E-state index contributed by atoms with van der Waals surface area (Å²) in [7, 11) is 1.20. The van der Waals surface area contributed by atoms with Gasteiger partial charge in [-0.25, -0.2) is 0 Å². The van der Waals surface area contributed by atoms with Crippen molar-refractivity contribution >= 4 is 11.9 Å². The second-order valence-electron chi connectivity index (χ2n) is 3.55. The first-order valence-electron chi connectivity index (χ1n) is 4.67. The maximum atomic E-state index is 11.4. The molecule has 0 saturated heterocycles. The molecule has 2 rings (SSSR count). The fourth-order valence-corrected chi connectivity index (χ4v) is 1.64. The van der Waals surface area contributed by atoms with Gasteiger partial charge in [-0.05, 0) is 24.6 Å². The number of benzene rings is 1. The van der Waals surface area contributed by atoms with Crippen LogP contribution in [0.4, 0.5) is 0 Å². The Bertz CT molecular complexity index is 478. The van der Waals surface area contributed by atoms with Crippen LogP contribution in [0.3, 0.4) is 0 Å². The number of carbonyl (C=O) groups is 2. The highest BCUT2D eigenvalue weighted by Crippen LogP contribution is 2.39. The molecule has 0 amide bonds. The van der Waals surface area contributed by atoms with Gasteiger partial charge in [0.1, 0.15) is 11.5 Å². The Morgan fingerprint density at radius 1 is 1.50 bits per heavy atom. The van der Waals surface area contributed by atoms with Crippen LogP contribution >= 0.6 is 0 Å². The van der Waals surface area contributed by atoms with Crippen molar-refractivity contribution in [2.75, 3.05) is 7.11 Å². The topological polar surface area (TPSA) is 72.8 Å². The molecule has 16 heavy (non-hydrogen) atoms. The molecular weight excluding hydrogens is 212 g/mol. The van der Waals surface area contributed by atoms with E-state index in [9.17, 15) is 14.7 Å². The zero-order chi connectivity index (χ0) is 11.9. The third-order valence-corrected chi connectivity index (χ3v) is 2.52. The van der Waals surface area contributed by atoms with E-state index in [2.05, 4.69) is 4.74 Å². The molecule has 1 atom stereocenters. The van der Waals surface area contributed by atoms with Gasteiger partial charge >= 0.3 is 11.9 Å². The lowest BCUT2D eigenvalue weighted by molar-refractivity contribution is -0.149. The molecule has 0 fully saturated rings. The number of hydrogen-bond donors (Lipinski definition) is 1. The van der Waals surface area contributed by atoms with Crippen LogP contribution in [-0.4, -0.2) is 24.2 Å². The lowest BCUT2D eigenvalue weighted by Gasteiger charge is -2.05. The number of phenolic OH excluding ortho intramolecular Hbond substituents is 1. The molecule has 1 aliphatic heterocycles. The van der Waals surface area contributed by atoms with Crippen molar-refractivity contribution in [3.63, 3.8) is 0 Å². The normalized spacial score (nSPS) is 17.9. The first-order valence-corrected chi connectivity index (χ1v) is 4.67. The smallest absolute Gasteiger partial charge is 0.330 e. The Kier molecular flexibility index (Phi) is 2.30. The molecule has 1 aromatic rings. The van der Waals surface area contributed by atoms with Gasteiger partial charge in [-0.1, -0.05) is 0 Å². The predicted molar refractivity (Wildman–Crippen MR) is 53.2 cm³/mol. The average molecular weight is 222 g/mol. The summed E-state index contributed by atoms with van der Waals surface area (Å²) in [5, 5.41) is 9.52. The Balaban J connectivity index is 2.52. The number of aromatic hydroxyl groups is 1. The summed E-state index contributed by atoms with van der Waals surface area (Å²) in [6.45, 7) is 1.68. The molecule has 1 unspecified atom stereocenters. The van der Waals surface area contributed by atoms with Crippen molar-refractivity contribution in [3.05, 3.63) is 23.3 Å². The summed E-state index contributed by atoms with van der Waals surface area (Å²) in [6.07, 6.45) is 0. The van der Waals surface area contributed by atoms with Crippen molar-refractivity contribution in [2.24, 2.45) is 0 Å². The van der Waals surface area contributed by atoms with Crippen LogP contribution in [-0.2, 0) is 14.3 Å². The van der Waals surface area contributed by atoms with Gasteiger partial charge in [0.25, 0.3) is 0 Å². The predicted octanol–water partition coefficient (Wildman–Crippen LogP) is 0.876. The fourth-order valence-electron chi connectivity index (χ4n) is 1.64. The van der Waals surface area contributed by atoms with Crippen LogP contribution in [0.15, 0.2) is 12.1 Å². The van der Waals surface area contributed by atoms with Gasteiger partial charge in [0.15, 0.2) is 5.92 Å². The van der Waals surface area contributed by atoms with E-state index < -0.39 is 17.9 Å². The van der Waals surface area contributed by atoms with Crippen molar-refractivity contribution in [2.45, 2.75) is 12.8 Å². The molecule has 1 aliphatic rings. The van der Waals surface area contributed by atoms with Crippen LogP contribution in [0.25, 0.3) is 0 Å². The fraction of sp³-hybridized carbons (Fsp3) is 0.273. The molecule has 0 aliphatic carbocycles. The first kappa shape index (κ1) is 10.5. The number of methoxy groups -OCH3 is 1. The lowest BCUT2D eigenvalue weighted by atomic mass is 9.99. The summed E-state index contributed by atoms with van der Waals surface area (Å²) in [4.78, 5) is 22.8. The van der Waals surface area contributed by atoms with Crippen LogP contribution in [0, 0.1) is 6.92 Å². The van der Waals surface area contributed by atoms with Gasteiger partial charge in [-0.2, -0.15) is 0 Å². The molecule has 0 saturated carbocycles. The van der Waals surface area contributed by atoms with Crippen molar-refractivity contribution < 1.29 is 24.2 Å². The van der Waals surface area contributed by atoms with Crippen molar-refractivity contribution in [3.8, 4) is 11.5 Å². The highest BCUT2D eigenvalue weighted by molar-refractivity contribution is 6.05. The molecule has 1 heterocycles. The third-order valence-electron chi connectivity index (χ3n) is 2.52. The van der Waals surface area contributed by atoms with E-state index in [-0.39, 0.29) is 5.75 Å². The third kappa shape index (κ3) is 1.41. The van der Waals surface area contributed by atoms with E-state index in [1.807, 2.05) is 0 Å². The lowest BCUT2D eigenvalue weighted by Crippen LogP contribution is -2.20. The summed E-state index contributed by atoms with van der Waals surface area (Å²) in [6, 6.07) is 2.88. The molecule has 5 heteroatoms. The quantitative estimate of drug-likeness (QED) is 0.433. The molecule has 1 N–H and O–H groups in total. The van der Waals surface area contributed by atoms with Crippen LogP contribution in [0.1, 0.15) is 17.0 Å². The van der Waals surface area contributed by atoms with Crippen LogP contribution in [0.5, 0.6) is 11.5 Å². The Morgan fingerprint density at radius 2 is 2.19 bits per heavy atom. The van der Waals surface area contributed by atoms with Gasteiger partial charge in [0, 0.05) is 5.56 Å². The maximum Gasteiger partial charge on any atom is 0.330 e. The van der Waals surface area contributed by atoms with E-state index in [1.165, 1.54) is 19.2 Å².